The number of hydrogen-bond acceptors (Lipinski definition) is 4. The highest BCUT2D eigenvalue weighted by molar-refractivity contribution is 7.89. The lowest BCUT2D eigenvalue weighted by molar-refractivity contribution is -0.141. The summed E-state index contributed by atoms with van der Waals surface area (Å²) >= 11 is 0. The number of aryl methyl sites for hydroxylation is 1. The van der Waals surface area contributed by atoms with Crippen molar-refractivity contribution in [3.63, 3.8) is 0 Å². The average Bonchev–Trinajstić information content (AvgIpc) is 2.74. The molecule has 31 heavy (non-hydrogen) atoms. The number of hydrogen-bond donors (Lipinski definition) is 1. The van der Waals surface area contributed by atoms with Crippen LogP contribution in [0.3, 0.4) is 0 Å². The summed E-state index contributed by atoms with van der Waals surface area (Å²) in [5.74, 6) is -1.30. The minimum atomic E-state index is -3.89. The van der Waals surface area contributed by atoms with Gasteiger partial charge in [0.1, 0.15) is 11.9 Å². The summed E-state index contributed by atoms with van der Waals surface area (Å²) in [5.41, 5.74) is 1.54. The Morgan fingerprint density at radius 3 is 2.16 bits per heavy atom. The van der Waals surface area contributed by atoms with E-state index in [1.165, 1.54) is 55.4 Å². The maximum atomic E-state index is 13.3. The maximum absolute atomic E-state index is 13.3. The molecule has 0 fully saturated rings. The maximum Gasteiger partial charge on any atom is 0.243 e. The number of amides is 2. The van der Waals surface area contributed by atoms with E-state index in [0.29, 0.717) is 12.0 Å². The molecule has 2 aromatic carbocycles. The smallest absolute Gasteiger partial charge is 0.243 e. The van der Waals surface area contributed by atoms with Crippen LogP contribution < -0.4 is 5.32 Å². The van der Waals surface area contributed by atoms with Crippen molar-refractivity contribution in [2.24, 2.45) is 0 Å². The highest BCUT2D eigenvalue weighted by Gasteiger charge is 2.31. The number of likely N-dealkylation sites (N-methyl/N-ethyl adjacent to an activating group) is 2. The Kier molecular flexibility index (Phi) is 8.29. The molecular weight excluding hydrogens is 421 g/mol. The first-order valence-corrected chi connectivity index (χ1v) is 11.3. The van der Waals surface area contributed by atoms with Gasteiger partial charge >= 0.3 is 0 Å². The second-order valence-corrected chi connectivity index (χ2v) is 9.31. The van der Waals surface area contributed by atoms with Crippen molar-refractivity contribution in [3.05, 3.63) is 65.5 Å². The molecule has 1 atom stereocenters. The van der Waals surface area contributed by atoms with Gasteiger partial charge in [0.2, 0.25) is 21.8 Å². The first-order valence-electron chi connectivity index (χ1n) is 9.88. The van der Waals surface area contributed by atoms with Crippen LogP contribution in [0.1, 0.15) is 24.5 Å². The Hall–Kier alpha value is -2.78. The summed E-state index contributed by atoms with van der Waals surface area (Å²) in [7, 11) is -1.09. The normalized spacial score (nSPS) is 12.5. The van der Waals surface area contributed by atoms with Gasteiger partial charge < -0.3 is 10.2 Å². The van der Waals surface area contributed by atoms with Crippen molar-refractivity contribution >= 4 is 21.8 Å². The van der Waals surface area contributed by atoms with Crippen LogP contribution in [0.15, 0.2) is 53.4 Å². The standard InChI is InChI=1S/C22H28FN3O4S/c1-5-20(22(28)24-3)26(14-17-8-10-18(23)11-9-17)21(27)15-25(4)31(29,30)19-12-6-16(2)7-13-19/h6-13,20H,5,14-15H2,1-4H3,(H,24,28)/t20-/m0/s1. The van der Waals surface area contributed by atoms with E-state index >= 15 is 0 Å². The Morgan fingerprint density at radius 1 is 1.06 bits per heavy atom. The van der Waals surface area contributed by atoms with Crippen LogP contribution in [0.2, 0.25) is 0 Å². The Labute approximate surface area is 182 Å². The van der Waals surface area contributed by atoms with Gasteiger partial charge in [-0.1, -0.05) is 36.8 Å². The fraction of sp³-hybridized carbons (Fsp3) is 0.364. The van der Waals surface area contributed by atoms with Gasteiger partial charge in [0.25, 0.3) is 0 Å². The van der Waals surface area contributed by atoms with Crippen LogP contribution in [0, 0.1) is 12.7 Å². The Bertz CT molecular complexity index is 1010. The van der Waals surface area contributed by atoms with E-state index in [2.05, 4.69) is 5.32 Å². The molecule has 0 bridgehead atoms. The molecule has 0 unspecified atom stereocenters. The third kappa shape index (κ3) is 6.11. The van der Waals surface area contributed by atoms with Crippen molar-refractivity contribution < 1.29 is 22.4 Å². The van der Waals surface area contributed by atoms with E-state index in [1.54, 1.807) is 19.1 Å². The Balaban J connectivity index is 2.29. The predicted octanol–water partition coefficient (Wildman–Crippen LogP) is 2.31. The average molecular weight is 450 g/mol. The molecule has 0 spiro atoms. The van der Waals surface area contributed by atoms with Crippen molar-refractivity contribution in [2.75, 3.05) is 20.6 Å². The summed E-state index contributed by atoms with van der Waals surface area (Å²) < 4.78 is 40.0. The van der Waals surface area contributed by atoms with Gasteiger partial charge in [-0.05, 0) is 43.2 Å². The predicted molar refractivity (Wildman–Crippen MR) is 116 cm³/mol. The zero-order valence-electron chi connectivity index (χ0n) is 18.1. The molecule has 0 aliphatic rings. The molecule has 0 radical (unpaired) electrons. The third-order valence-electron chi connectivity index (χ3n) is 4.99. The lowest BCUT2D eigenvalue weighted by atomic mass is 10.1. The molecule has 2 amide bonds. The van der Waals surface area contributed by atoms with E-state index in [0.717, 1.165) is 9.87 Å². The van der Waals surface area contributed by atoms with Crippen molar-refractivity contribution in [1.29, 1.82) is 0 Å². The topological polar surface area (TPSA) is 86.8 Å². The Morgan fingerprint density at radius 2 is 1.65 bits per heavy atom. The number of rotatable bonds is 9. The van der Waals surface area contributed by atoms with E-state index in [1.807, 2.05) is 6.92 Å². The number of nitrogens with zero attached hydrogens (tertiary/aromatic N) is 2. The van der Waals surface area contributed by atoms with Crippen molar-refractivity contribution in [3.8, 4) is 0 Å². The molecule has 0 aromatic heterocycles. The lowest BCUT2D eigenvalue weighted by Gasteiger charge is -2.31. The number of benzene rings is 2. The van der Waals surface area contributed by atoms with Crippen LogP contribution in [0.4, 0.5) is 4.39 Å². The molecule has 7 nitrogen and oxygen atoms in total. The number of carbonyl (C=O) groups excluding carboxylic acids is 2. The highest BCUT2D eigenvalue weighted by atomic mass is 32.2. The summed E-state index contributed by atoms with van der Waals surface area (Å²) in [4.78, 5) is 26.9. The summed E-state index contributed by atoms with van der Waals surface area (Å²) in [6.07, 6.45) is 0.334. The second-order valence-electron chi connectivity index (χ2n) is 7.26. The van der Waals surface area contributed by atoms with E-state index in [4.69, 9.17) is 0 Å². The van der Waals surface area contributed by atoms with E-state index in [9.17, 15) is 22.4 Å². The van der Waals surface area contributed by atoms with E-state index < -0.39 is 34.3 Å². The molecule has 2 aromatic rings. The number of halogens is 1. The van der Waals surface area contributed by atoms with Crippen LogP contribution in [-0.4, -0.2) is 56.1 Å². The molecule has 0 saturated carbocycles. The third-order valence-corrected chi connectivity index (χ3v) is 6.80. The van der Waals surface area contributed by atoms with Crippen molar-refractivity contribution in [2.45, 2.75) is 37.8 Å². The minimum Gasteiger partial charge on any atom is -0.357 e. The van der Waals surface area contributed by atoms with E-state index in [-0.39, 0.29) is 17.3 Å². The fourth-order valence-corrected chi connectivity index (χ4v) is 4.25. The molecule has 9 heteroatoms. The zero-order chi connectivity index (χ0) is 23.2. The van der Waals surface area contributed by atoms with Gasteiger partial charge in [-0.3, -0.25) is 9.59 Å². The highest BCUT2D eigenvalue weighted by Crippen LogP contribution is 2.17. The van der Waals surface area contributed by atoms with Crippen molar-refractivity contribution in [1.82, 2.24) is 14.5 Å². The van der Waals surface area contributed by atoms with Gasteiger partial charge in [0.15, 0.2) is 0 Å². The molecule has 0 aliphatic carbocycles. The summed E-state index contributed by atoms with van der Waals surface area (Å²) in [6.45, 7) is 3.21. The molecule has 2 rings (SSSR count). The van der Waals surface area contributed by atoms with Gasteiger partial charge in [0, 0.05) is 20.6 Å². The number of nitrogens with one attached hydrogen (secondary N) is 1. The molecule has 1 N–H and O–H groups in total. The largest absolute Gasteiger partial charge is 0.357 e. The monoisotopic (exact) mass is 449 g/mol. The van der Waals surface area contributed by atoms with Gasteiger partial charge in [-0.15, -0.1) is 0 Å². The van der Waals surface area contributed by atoms with Crippen LogP contribution >= 0.6 is 0 Å². The summed E-state index contributed by atoms with van der Waals surface area (Å²) in [5, 5.41) is 2.54. The SMILES string of the molecule is CC[C@@H](C(=O)NC)N(Cc1ccc(F)cc1)C(=O)CN(C)S(=O)(=O)c1ccc(C)cc1. The van der Waals surface area contributed by atoms with Crippen LogP contribution in [0.25, 0.3) is 0 Å². The van der Waals surface area contributed by atoms with Gasteiger partial charge in [-0.25, -0.2) is 12.8 Å². The number of carbonyl (C=O) groups is 2. The molecular formula is C22H28FN3O4S. The van der Waals surface area contributed by atoms with Crippen LogP contribution in [-0.2, 0) is 26.2 Å². The minimum absolute atomic E-state index is 0.0451. The lowest BCUT2D eigenvalue weighted by Crippen LogP contribution is -2.51. The van der Waals surface area contributed by atoms with Gasteiger partial charge in [-0.2, -0.15) is 4.31 Å². The first kappa shape index (κ1) is 24.5. The van der Waals surface area contributed by atoms with Crippen LogP contribution in [0.5, 0.6) is 0 Å². The second kappa shape index (κ2) is 10.5. The molecule has 0 heterocycles. The number of sulfonamides is 1. The fourth-order valence-electron chi connectivity index (χ4n) is 3.13. The first-order chi connectivity index (χ1) is 14.6. The summed E-state index contributed by atoms with van der Waals surface area (Å²) in [6, 6.07) is 11.1. The van der Waals surface area contributed by atoms with Gasteiger partial charge in [0.05, 0.1) is 11.4 Å². The molecule has 0 saturated heterocycles. The molecule has 168 valence electrons. The quantitative estimate of drug-likeness (QED) is 0.637. The zero-order valence-corrected chi connectivity index (χ0v) is 18.9. The molecule has 0 aliphatic heterocycles.